The van der Waals surface area contributed by atoms with Gasteiger partial charge in [-0.2, -0.15) is 0 Å². The van der Waals surface area contributed by atoms with Crippen LogP contribution < -0.4 is 5.32 Å². The van der Waals surface area contributed by atoms with Crippen LogP contribution in [0.1, 0.15) is 27.7 Å². The fourth-order valence-corrected chi connectivity index (χ4v) is 13.7. The summed E-state index contributed by atoms with van der Waals surface area (Å²) in [5.74, 6) is 2.25. The third kappa shape index (κ3) is 8.13. The van der Waals surface area contributed by atoms with Crippen LogP contribution in [0.3, 0.4) is 0 Å². The summed E-state index contributed by atoms with van der Waals surface area (Å²) in [6, 6.07) is 0. The van der Waals surface area contributed by atoms with Gasteiger partial charge in [0.2, 0.25) is 0 Å². The van der Waals surface area contributed by atoms with Crippen molar-refractivity contribution in [1.29, 1.82) is 0 Å². The Morgan fingerprint density at radius 2 is 2.00 bits per heavy atom. The van der Waals surface area contributed by atoms with Crippen LogP contribution in [0.15, 0.2) is 0 Å². The zero-order chi connectivity index (χ0) is 10.1. The minimum atomic E-state index is -0.982. The van der Waals surface area contributed by atoms with Gasteiger partial charge in [-0.25, -0.2) is 0 Å². The molecule has 0 aliphatic carbocycles. The van der Waals surface area contributed by atoms with Crippen molar-refractivity contribution in [2.75, 3.05) is 18.8 Å². The molecule has 0 saturated heterocycles. The van der Waals surface area contributed by atoms with E-state index in [2.05, 4.69) is 42.0 Å². The van der Waals surface area contributed by atoms with Gasteiger partial charge in [0.25, 0.3) is 0 Å². The zero-order valence-corrected chi connectivity index (χ0v) is 13.2. The maximum atomic E-state index is 3.44. The molecule has 1 atom stereocenters. The predicted molar refractivity (Wildman–Crippen MR) is 66.9 cm³/mol. The SMILES string of the molecule is CCNCC(C)[CH2][Sn+]([CH2]C)[S]CC. The van der Waals surface area contributed by atoms with E-state index in [0.29, 0.717) is 0 Å². The van der Waals surface area contributed by atoms with Gasteiger partial charge in [-0.15, -0.1) is 0 Å². The quantitative estimate of drug-likeness (QED) is 0.692. The molecule has 0 aliphatic rings. The molecule has 3 heteroatoms. The van der Waals surface area contributed by atoms with Crippen LogP contribution in [0.5, 0.6) is 0 Å². The third-order valence-corrected chi connectivity index (χ3v) is 17.3. The molecule has 0 amide bonds. The van der Waals surface area contributed by atoms with E-state index in [1.54, 1.807) is 4.44 Å². The van der Waals surface area contributed by atoms with Gasteiger partial charge in [0.15, 0.2) is 0 Å². The molecule has 0 saturated carbocycles. The zero-order valence-electron chi connectivity index (χ0n) is 9.52. The molecule has 0 radical (unpaired) electrons. The second-order valence-corrected chi connectivity index (χ2v) is 16.9. The van der Waals surface area contributed by atoms with Crippen LogP contribution in [0.2, 0.25) is 8.87 Å². The van der Waals surface area contributed by atoms with Crippen molar-refractivity contribution >= 4 is 27.3 Å². The fraction of sp³-hybridized carbons (Fsp3) is 1.00. The molecule has 0 fully saturated rings. The summed E-state index contributed by atoms with van der Waals surface area (Å²) in [5, 5.41) is 3.44. The van der Waals surface area contributed by atoms with Crippen LogP contribution in [0, 0.1) is 5.92 Å². The van der Waals surface area contributed by atoms with Crippen LogP contribution in [0.4, 0.5) is 0 Å². The molecule has 0 aliphatic heterocycles. The van der Waals surface area contributed by atoms with Crippen LogP contribution >= 0.6 is 8.95 Å². The molecule has 0 aromatic rings. The Bertz CT molecular complexity index is 111. The number of hydrogen-bond donors (Lipinski definition) is 1. The monoisotopic (exact) mass is 310 g/mol. The Hall–Kier alpha value is 1.11. The Balaban J connectivity index is 3.53. The van der Waals surface area contributed by atoms with Crippen molar-refractivity contribution in [3.8, 4) is 0 Å². The summed E-state index contributed by atoms with van der Waals surface area (Å²) >= 11 is -0.982. The molecule has 0 aromatic heterocycles. The van der Waals surface area contributed by atoms with E-state index in [9.17, 15) is 0 Å². The molecule has 1 nitrogen and oxygen atoms in total. The average Bonchev–Trinajstić information content (AvgIpc) is 2.14. The molecular formula is C10H24NSSn+. The Labute approximate surface area is 93.6 Å². The molecule has 0 heterocycles. The summed E-state index contributed by atoms with van der Waals surface area (Å²) < 4.78 is 3.07. The standard InChI is InChI=1S/C6H14N.C2H6S.C2H5.Sn/c1-4-7-5-6(2)3;1-2-3;1-2;/h6-7H,2,4-5H2,1,3H3;3H,2H2,1H3;1H2,2H3;/q;;;+2/p-1. The van der Waals surface area contributed by atoms with E-state index in [4.69, 9.17) is 0 Å². The molecule has 1 unspecified atom stereocenters. The van der Waals surface area contributed by atoms with Crippen molar-refractivity contribution in [2.24, 2.45) is 5.92 Å². The summed E-state index contributed by atoms with van der Waals surface area (Å²) in [6.45, 7) is 11.6. The van der Waals surface area contributed by atoms with E-state index >= 15 is 0 Å². The number of rotatable bonds is 8. The molecule has 0 aromatic carbocycles. The summed E-state index contributed by atoms with van der Waals surface area (Å²) in [4.78, 5) is 0. The van der Waals surface area contributed by atoms with Crippen LogP contribution in [-0.2, 0) is 0 Å². The Kier molecular flexibility index (Phi) is 10.5. The van der Waals surface area contributed by atoms with E-state index in [1.165, 1.54) is 16.7 Å². The van der Waals surface area contributed by atoms with Gasteiger partial charge in [-0.05, 0) is 0 Å². The Morgan fingerprint density at radius 1 is 1.31 bits per heavy atom. The van der Waals surface area contributed by atoms with Gasteiger partial charge in [-0.3, -0.25) is 0 Å². The molecule has 13 heavy (non-hydrogen) atoms. The first kappa shape index (κ1) is 14.1. The summed E-state index contributed by atoms with van der Waals surface area (Å²) in [7, 11) is 2.31. The molecule has 0 rings (SSSR count). The minimum absolute atomic E-state index is 0.911. The molecule has 78 valence electrons. The van der Waals surface area contributed by atoms with Gasteiger partial charge in [0, 0.05) is 0 Å². The first-order valence-electron chi connectivity index (χ1n) is 5.42. The summed E-state index contributed by atoms with van der Waals surface area (Å²) in [5.41, 5.74) is 0. The van der Waals surface area contributed by atoms with Crippen molar-refractivity contribution in [2.45, 2.75) is 36.6 Å². The molecular weight excluding hydrogens is 285 g/mol. The van der Waals surface area contributed by atoms with E-state index < -0.39 is 18.4 Å². The van der Waals surface area contributed by atoms with Crippen molar-refractivity contribution in [3.05, 3.63) is 0 Å². The van der Waals surface area contributed by atoms with Crippen molar-refractivity contribution < 1.29 is 0 Å². The van der Waals surface area contributed by atoms with Gasteiger partial charge in [0.05, 0.1) is 0 Å². The second-order valence-electron chi connectivity index (χ2n) is 3.44. The normalized spacial score (nSPS) is 12.9. The molecule has 0 bridgehead atoms. The Morgan fingerprint density at radius 3 is 2.46 bits per heavy atom. The number of nitrogens with one attached hydrogen (secondary N) is 1. The topological polar surface area (TPSA) is 12.0 Å². The van der Waals surface area contributed by atoms with Crippen LogP contribution in [0.25, 0.3) is 0 Å². The predicted octanol–water partition coefficient (Wildman–Crippen LogP) is 3.00. The molecule has 0 spiro atoms. The van der Waals surface area contributed by atoms with Gasteiger partial charge in [-0.1, -0.05) is 0 Å². The number of hydrogen-bond acceptors (Lipinski definition) is 2. The summed E-state index contributed by atoms with van der Waals surface area (Å²) in [6.07, 6.45) is 0. The van der Waals surface area contributed by atoms with Gasteiger partial charge < -0.3 is 0 Å². The third-order valence-electron chi connectivity index (χ3n) is 2.06. The average molecular weight is 309 g/mol. The fourth-order valence-electron chi connectivity index (χ4n) is 1.36. The van der Waals surface area contributed by atoms with Gasteiger partial charge >= 0.3 is 94.0 Å². The van der Waals surface area contributed by atoms with E-state index in [0.717, 1.165) is 12.5 Å². The van der Waals surface area contributed by atoms with Crippen LogP contribution in [-0.4, -0.2) is 37.2 Å². The second kappa shape index (κ2) is 9.66. The first-order chi connectivity index (χ1) is 6.24. The van der Waals surface area contributed by atoms with E-state index in [-0.39, 0.29) is 0 Å². The van der Waals surface area contributed by atoms with Gasteiger partial charge in [0.1, 0.15) is 0 Å². The van der Waals surface area contributed by atoms with Crippen molar-refractivity contribution in [1.82, 2.24) is 5.32 Å². The molecule has 1 N–H and O–H groups in total. The van der Waals surface area contributed by atoms with Crippen molar-refractivity contribution in [3.63, 3.8) is 0 Å². The maximum absolute atomic E-state index is 3.44. The van der Waals surface area contributed by atoms with E-state index in [1.807, 2.05) is 0 Å². The first-order valence-corrected chi connectivity index (χ1v) is 13.9.